The molecule has 0 aliphatic carbocycles. The zero-order valence-electron chi connectivity index (χ0n) is 38.4. The summed E-state index contributed by atoms with van der Waals surface area (Å²) in [7, 11) is -3.62. The van der Waals surface area contributed by atoms with E-state index in [9.17, 15) is 5.11 Å². The second kappa shape index (κ2) is 15.7. The minimum Gasteiger partial charge on any atom is -0.507 e. The molecular formula is C53H56N5O2PtSi2-. The topological polar surface area (TPSA) is 81.4 Å². The van der Waals surface area contributed by atoms with Gasteiger partial charge < -0.3 is 9.52 Å². The van der Waals surface area contributed by atoms with Gasteiger partial charge in [0.05, 0.1) is 50.1 Å². The van der Waals surface area contributed by atoms with Crippen molar-refractivity contribution in [1.82, 2.24) is 23.9 Å². The van der Waals surface area contributed by atoms with Crippen molar-refractivity contribution in [1.29, 1.82) is 0 Å². The summed E-state index contributed by atoms with van der Waals surface area (Å²) in [5, 5.41) is 15.2. The molecule has 9 rings (SSSR count). The third-order valence-corrected chi connectivity index (χ3v) is 16.2. The molecular weight excluding hydrogens is 990 g/mol. The van der Waals surface area contributed by atoms with Crippen molar-refractivity contribution in [3.05, 3.63) is 133 Å². The molecule has 0 aliphatic rings. The van der Waals surface area contributed by atoms with Crippen LogP contribution >= 0.6 is 0 Å². The number of rotatable bonds is 7. The molecule has 7 nitrogen and oxygen atoms in total. The van der Waals surface area contributed by atoms with Crippen LogP contribution < -0.4 is 10.4 Å². The summed E-state index contributed by atoms with van der Waals surface area (Å²) in [5.74, 6) is 0.941. The maximum Gasteiger partial charge on any atom is 0.224 e. The monoisotopic (exact) mass is 1050 g/mol. The van der Waals surface area contributed by atoms with Crippen LogP contribution in [0.5, 0.6) is 5.75 Å². The Bertz CT molecular complexity index is 3190. The van der Waals surface area contributed by atoms with Crippen molar-refractivity contribution in [3.63, 3.8) is 0 Å². The Hall–Kier alpha value is -5.35. The van der Waals surface area contributed by atoms with E-state index in [4.69, 9.17) is 14.4 Å². The summed E-state index contributed by atoms with van der Waals surface area (Å²) in [5.41, 5.74) is 13.1. The van der Waals surface area contributed by atoms with Crippen LogP contribution in [0.1, 0.15) is 52.7 Å². The van der Waals surface area contributed by atoms with Crippen LogP contribution in [-0.4, -0.2) is 45.2 Å². The molecule has 4 aromatic heterocycles. The van der Waals surface area contributed by atoms with E-state index >= 15 is 0 Å². The number of hydrogen-bond acceptors (Lipinski definition) is 5. The number of imidazole rings is 2. The number of oxazole rings is 1. The predicted octanol–water partition coefficient (Wildman–Crippen LogP) is 12.7. The van der Waals surface area contributed by atoms with Gasteiger partial charge in [0.15, 0.2) is 0 Å². The minimum atomic E-state index is -1.90. The minimum absolute atomic E-state index is 0. The van der Waals surface area contributed by atoms with E-state index in [1.165, 1.54) is 10.4 Å². The first-order valence-electron chi connectivity index (χ1n) is 21.6. The van der Waals surface area contributed by atoms with E-state index in [1.54, 1.807) is 18.7 Å². The van der Waals surface area contributed by atoms with Crippen LogP contribution in [0.3, 0.4) is 0 Å². The number of phenolic OH excluding ortho intramolecular Hbond substituents is 1. The maximum absolute atomic E-state index is 12.5. The van der Waals surface area contributed by atoms with Gasteiger partial charge in [0.25, 0.3) is 0 Å². The number of benzene rings is 5. The summed E-state index contributed by atoms with van der Waals surface area (Å²) >= 11 is 0. The molecule has 9 aromatic rings. The number of phenols is 1. The quantitative estimate of drug-likeness (QED) is 0.127. The smallest absolute Gasteiger partial charge is 0.224 e. The molecule has 0 spiro atoms. The number of aromatic nitrogens is 5. The molecule has 0 saturated heterocycles. The molecule has 4 heterocycles. The van der Waals surface area contributed by atoms with Gasteiger partial charge in [0, 0.05) is 44.1 Å². The fourth-order valence-electron chi connectivity index (χ4n) is 8.46. The van der Waals surface area contributed by atoms with E-state index in [2.05, 4.69) is 187 Å². The van der Waals surface area contributed by atoms with Gasteiger partial charge in [0.2, 0.25) is 5.71 Å². The van der Waals surface area contributed by atoms with Crippen LogP contribution in [0.2, 0.25) is 39.3 Å². The normalized spacial score (nSPS) is 12.7. The molecule has 0 radical (unpaired) electrons. The summed E-state index contributed by atoms with van der Waals surface area (Å²) in [6.07, 6.45) is 5.31. The Morgan fingerprint density at radius 2 is 1.41 bits per heavy atom. The molecule has 0 saturated carbocycles. The summed E-state index contributed by atoms with van der Waals surface area (Å²) in [6.45, 7) is 27.5. The molecule has 0 fully saturated rings. The first-order valence-corrected chi connectivity index (χ1v) is 28.6. The van der Waals surface area contributed by atoms with Gasteiger partial charge in [-0.2, -0.15) is 0 Å². The number of aromatic hydroxyl groups is 1. The van der Waals surface area contributed by atoms with Crippen LogP contribution in [0.25, 0.3) is 78.4 Å². The van der Waals surface area contributed by atoms with E-state index in [-0.39, 0.29) is 37.6 Å². The average molecular weight is 1050 g/mol. The molecule has 10 heteroatoms. The zero-order valence-corrected chi connectivity index (χ0v) is 42.6. The molecule has 0 unspecified atom stereocenters. The standard InChI is InChI=1S/C53H56N5O2Si2.Pt/c1-52(2,3)36-28-41(50(59)42(29-36)53(4,5)6)51-56-48-39(19-16-20-44(48)58(51)43-22-21-37(61(7,8)9)30-40(43)33-17-14-13-15-18-33)34-25-35(27-38(26-34)62(10,11)12)47-49-45(23-24-55-47)60-46-31-54-32-57(46)49;/h13-24,26-32,59H,1-12H3;/q-1;. The Balaban J connectivity index is 0.00000544. The molecule has 0 bridgehead atoms. The number of pyridine rings is 1. The Morgan fingerprint density at radius 3 is 2.10 bits per heavy atom. The number of hydrogen-bond donors (Lipinski definition) is 1. The summed E-state index contributed by atoms with van der Waals surface area (Å²) < 4.78 is 10.4. The Morgan fingerprint density at radius 1 is 0.698 bits per heavy atom. The Labute approximate surface area is 387 Å². The van der Waals surface area contributed by atoms with Gasteiger partial charge in [-0.1, -0.05) is 158 Å². The van der Waals surface area contributed by atoms with Crippen molar-refractivity contribution < 1.29 is 30.6 Å². The summed E-state index contributed by atoms with van der Waals surface area (Å²) in [6, 6.07) is 38.7. The largest absolute Gasteiger partial charge is 0.507 e. The molecule has 0 amide bonds. The molecule has 0 aliphatic heterocycles. The van der Waals surface area contributed by atoms with Crippen LogP contribution in [0.4, 0.5) is 0 Å². The van der Waals surface area contributed by atoms with Gasteiger partial charge in [-0.25, -0.2) is 9.97 Å². The van der Waals surface area contributed by atoms with E-state index in [0.29, 0.717) is 17.1 Å². The van der Waals surface area contributed by atoms with Crippen molar-refractivity contribution in [2.24, 2.45) is 0 Å². The fraction of sp³-hybridized carbons (Fsp3) is 0.264. The molecule has 1 N–H and O–H groups in total. The zero-order chi connectivity index (χ0) is 44.1. The van der Waals surface area contributed by atoms with Crippen LogP contribution in [0.15, 0.2) is 120 Å². The first kappa shape index (κ1) is 44.3. The van der Waals surface area contributed by atoms with Crippen LogP contribution in [0, 0.1) is 6.07 Å². The number of para-hydroxylation sites is 1. The average Bonchev–Trinajstić information content (AvgIpc) is 3.93. The van der Waals surface area contributed by atoms with Crippen molar-refractivity contribution >= 4 is 54.4 Å². The first-order chi connectivity index (χ1) is 29.2. The van der Waals surface area contributed by atoms with Crippen LogP contribution in [-0.2, 0) is 31.9 Å². The summed E-state index contributed by atoms with van der Waals surface area (Å²) in [4.78, 5) is 15.0. The van der Waals surface area contributed by atoms with Gasteiger partial charge in [-0.15, -0.1) is 28.9 Å². The van der Waals surface area contributed by atoms with E-state index in [1.807, 2.05) is 10.5 Å². The molecule has 5 aromatic carbocycles. The molecule has 324 valence electrons. The van der Waals surface area contributed by atoms with Crippen molar-refractivity contribution in [2.75, 3.05) is 0 Å². The SMILES string of the molecule is CC(C)(C)c1cc(-c2nc3c(-c4[c-]c(-c5nccc6oc7cncn7c56)cc([Si](C)(C)C)c4)cccc3n2-c2ccc([Si](C)(C)C)cc2-c2ccccc2)c(O)c(C(C)(C)C)c1.[Pt]. The number of nitrogens with zero attached hydrogens (tertiary/aromatic N) is 5. The van der Waals surface area contributed by atoms with Gasteiger partial charge >= 0.3 is 0 Å². The number of fused-ring (bicyclic) bond motifs is 4. The third kappa shape index (κ3) is 7.98. The second-order valence-electron chi connectivity index (χ2n) is 20.9. The maximum atomic E-state index is 12.5. The van der Waals surface area contributed by atoms with E-state index < -0.39 is 16.1 Å². The predicted molar refractivity (Wildman–Crippen MR) is 263 cm³/mol. The van der Waals surface area contributed by atoms with Gasteiger partial charge in [-0.05, 0) is 46.2 Å². The molecule has 63 heavy (non-hydrogen) atoms. The third-order valence-electron chi connectivity index (χ3n) is 12.1. The van der Waals surface area contributed by atoms with E-state index in [0.717, 1.165) is 72.5 Å². The fourth-order valence-corrected chi connectivity index (χ4v) is 10.8. The Kier molecular flexibility index (Phi) is 11.0. The van der Waals surface area contributed by atoms with Crippen molar-refractivity contribution in [2.45, 2.75) is 91.7 Å². The molecule has 0 atom stereocenters. The van der Waals surface area contributed by atoms with Crippen molar-refractivity contribution in [3.8, 4) is 56.3 Å². The van der Waals surface area contributed by atoms with Gasteiger partial charge in [0.1, 0.15) is 23.5 Å². The second-order valence-corrected chi connectivity index (χ2v) is 31.0. The van der Waals surface area contributed by atoms with Gasteiger partial charge in [-0.3, -0.25) is 14.0 Å².